The first-order valence-corrected chi connectivity index (χ1v) is 11.0. The van der Waals surface area contributed by atoms with Gasteiger partial charge in [-0.3, -0.25) is 9.69 Å². The minimum Gasteiger partial charge on any atom is -0.302 e. The van der Waals surface area contributed by atoms with Gasteiger partial charge in [-0.2, -0.15) is 0 Å². The summed E-state index contributed by atoms with van der Waals surface area (Å²) in [6, 6.07) is 14.2. The van der Waals surface area contributed by atoms with Crippen LogP contribution in [0.2, 0.25) is 0 Å². The Balaban J connectivity index is 1.91. The topological polar surface area (TPSA) is 36.4 Å². The second-order valence-electron chi connectivity index (χ2n) is 7.19. The van der Waals surface area contributed by atoms with Crippen LogP contribution >= 0.6 is 11.3 Å². The molecular formula is C24H29N3OS. The van der Waals surface area contributed by atoms with Crippen molar-refractivity contribution in [2.75, 3.05) is 31.1 Å². The molecule has 0 unspecified atom stereocenters. The van der Waals surface area contributed by atoms with Crippen molar-refractivity contribution in [1.82, 2.24) is 9.88 Å². The lowest BCUT2D eigenvalue weighted by atomic mass is 10.1. The van der Waals surface area contributed by atoms with Crippen LogP contribution in [0, 0.1) is 13.8 Å². The zero-order chi connectivity index (χ0) is 20.8. The molecular weight excluding hydrogens is 378 g/mol. The van der Waals surface area contributed by atoms with Gasteiger partial charge in [-0.1, -0.05) is 61.6 Å². The molecule has 3 rings (SSSR count). The van der Waals surface area contributed by atoms with Crippen LogP contribution in [0.3, 0.4) is 0 Å². The molecule has 1 aromatic heterocycles. The average molecular weight is 408 g/mol. The van der Waals surface area contributed by atoms with E-state index >= 15 is 0 Å². The summed E-state index contributed by atoms with van der Waals surface area (Å²) in [6.45, 7) is 11.9. The number of thiazole rings is 1. The van der Waals surface area contributed by atoms with Crippen molar-refractivity contribution in [2.45, 2.75) is 27.7 Å². The number of carbonyl (C=O) groups is 1. The summed E-state index contributed by atoms with van der Waals surface area (Å²) in [7, 11) is 0. The number of hydrogen-bond donors (Lipinski definition) is 0. The molecule has 0 radical (unpaired) electrons. The average Bonchev–Trinajstić information content (AvgIpc) is 3.14. The molecule has 29 heavy (non-hydrogen) atoms. The van der Waals surface area contributed by atoms with E-state index in [1.165, 1.54) is 5.56 Å². The highest BCUT2D eigenvalue weighted by Crippen LogP contribution is 2.32. The maximum Gasteiger partial charge on any atom is 0.252 e. The molecule has 0 fully saturated rings. The molecule has 3 aromatic rings. The molecule has 0 saturated carbocycles. The summed E-state index contributed by atoms with van der Waals surface area (Å²) in [5.41, 5.74) is 4.37. The van der Waals surface area contributed by atoms with E-state index in [-0.39, 0.29) is 5.91 Å². The maximum absolute atomic E-state index is 13.1. The second kappa shape index (κ2) is 9.81. The number of fused-ring (bicyclic) bond motifs is 1. The van der Waals surface area contributed by atoms with Crippen LogP contribution in [-0.4, -0.2) is 42.0 Å². The Morgan fingerprint density at radius 3 is 2.48 bits per heavy atom. The Morgan fingerprint density at radius 1 is 1.07 bits per heavy atom. The minimum atomic E-state index is -0.0329. The van der Waals surface area contributed by atoms with Gasteiger partial charge in [0.1, 0.15) is 0 Å². The number of carbonyl (C=O) groups excluding carboxylic acids is 1. The maximum atomic E-state index is 13.1. The summed E-state index contributed by atoms with van der Waals surface area (Å²) in [5.74, 6) is -0.0329. The van der Waals surface area contributed by atoms with E-state index in [0.29, 0.717) is 6.54 Å². The summed E-state index contributed by atoms with van der Waals surface area (Å²) in [5, 5.41) is 0.767. The number of hydrogen-bond acceptors (Lipinski definition) is 4. The van der Waals surface area contributed by atoms with Gasteiger partial charge in [0.15, 0.2) is 5.13 Å². The highest BCUT2D eigenvalue weighted by Gasteiger charge is 2.19. The molecule has 4 nitrogen and oxygen atoms in total. The van der Waals surface area contributed by atoms with Crippen molar-refractivity contribution >= 4 is 38.7 Å². The Bertz CT molecular complexity index is 990. The molecule has 0 atom stereocenters. The third kappa shape index (κ3) is 5.31. The number of likely N-dealkylation sites (N-methyl/N-ethyl adjacent to an activating group) is 1. The molecule has 1 heterocycles. The monoisotopic (exact) mass is 407 g/mol. The van der Waals surface area contributed by atoms with Crippen LogP contribution in [0.25, 0.3) is 16.3 Å². The van der Waals surface area contributed by atoms with Crippen LogP contribution < -0.4 is 4.90 Å². The van der Waals surface area contributed by atoms with E-state index in [4.69, 9.17) is 4.98 Å². The van der Waals surface area contributed by atoms with E-state index < -0.39 is 0 Å². The molecule has 2 aromatic carbocycles. The minimum absolute atomic E-state index is 0.0329. The molecule has 0 bridgehead atoms. The van der Waals surface area contributed by atoms with Gasteiger partial charge in [-0.25, -0.2) is 4.98 Å². The first-order valence-electron chi connectivity index (χ1n) is 10.2. The van der Waals surface area contributed by atoms with Gasteiger partial charge < -0.3 is 4.90 Å². The Kier molecular flexibility index (Phi) is 7.18. The predicted molar refractivity (Wildman–Crippen MR) is 125 cm³/mol. The standard InChI is InChI=1S/C24H29N3OS/c1-5-26(6-2)14-15-27(22(28)13-12-20-10-8-7-9-11-20)24-25-23-19(4)16-18(3)17-21(23)29-24/h7-13,16-17H,5-6,14-15H2,1-4H3. The molecule has 0 aliphatic carbocycles. The molecule has 0 aliphatic heterocycles. The fraction of sp³-hybridized carbons (Fsp3) is 0.333. The van der Waals surface area contributed by atoms with Crippen molar-refractivity contribution in [2.24, 2.45) is 0 Å². The third-order valence-corrected chi connectivity index (χ3v) is 6.09. The summed E-state index contributed by atoms with van der Waals surface area (Å²) >= 11 is 1.59. The molecule has 0 aliphatic rings. The zero-order valence-corrected chi connectivity index (χ0v) is 18.5. The van der Waals surface area contributed by atoms with Crippen LogP contribution in [0.15, 0.2) is 48.5 Å². The predicted octanol–water partition coefficient (Wildman–Crippen LogP) is 5.30. The largest absolute Gasteiger partial charge is 0.302 e. The lowest BCUT2D eigenvalue weighted by molar-refractivity contribution is -0.114. The first kappa shape index (κ1) is 21.2. The van der Waals surface area contributed by atoms with Crippen molar-refractivity contribution in [3.8, 4) is 0 Å². The fourth-order valence-electron chi connectivity index (χ4n) is 3.38. The Labute approximate surface area is 177 Å². The molecule has 1 amide bonds. The normalized spacial score (nSPS) is 11.6. The highest BCUT2D eigenvalue weighted by molar-refractivity contribution is 7.22. The first-order chi connectivity index (χ1) is 14.0. The summed E-state index contributed by atoms with van der Waals surface area (Å²) in [4.78, 5) is 22.1. The van der Waals surface area contributed by atoms with Gasteiger partial charge in [0.05, 0.1) is 10.2 Å². The van der Waals surface area contributed by atoms with Crippen molar-refractivity contribution in [3.05, 3.63) is 65.2 Å². The Hall–Kier alpha value is -2.50. The lowest BCUT2D eigenvalue weighted by Crippen LogP contribution is -2.38. The molecule has 0 saturated heterocycles. The number of amides is 1. The van der Waals surface area contributed by atoms with Crippen LogP contribution in [0.1, 0.15) is 30.5 Å². The summed E-state index contributed by atoms with van der Waals surface area (Å²) in [6.07, 6.45) is 3.53. The SMILES string of the molecule is CCN(CC)CCN(C(=O)C=Cc1ccccc1)c1nc2c(C)cc(C)cc2s1. The number of anilines is 1. The summed E-state index contributed by atoms with van der Waals surface area (Å²) < 4.78 is 1.13. The quantitative estimate of drug-likeness (QED) is 0.475. The van der Waals surface area contributed by atoms with Gasteiger partial charge in [-0.05, 0) is 55.8 Å². The molecule has 0 N–H and O–H groups in total. The number of nitrogens with zero attached hydrogens (tertiary/aromatic N) is 3. The van der Waals surface area contributed by atoms with Crippen LogP contribution in [-0.2, 0) is 4.79 Å². The van der Waals surface area contributed by atoms with Crippen LogP contribution in [0.4, 0.5) is 5.13 Å². The number of aromatic nitrogens is 1. The number of benzene rings is 2. The second-order valence-corrected chi connectivity index (χ2v) is 8.19. The van der Waals surface area contributed by atoms with Gasteiger partial charge in [-0.15, -0.1) is 0 Å². The molecule has 0 spiro atoms. The number of aryl methyl sites for hydroxylation is 2. The van der Waals surface area contributed by atoms with Gasteiger partial charge >= 0.3 is 0 Å². The van der Waals surface area contributed by atoms with E-state index in [9.17, 15) is 4.79 Å². The Morgan fingerprint density at radius 2 is 1.79 bits per heavy atom. The van der Waals surface area contributed by atoms with Gasteiger partial charge in [0.25, 0.3) is 5.91 Å². The van der Waals surface area contributed by atoms with Crippen LogP contribution in [0.5, 0.6) is 0 Å². The van der Waals surface area contributed by atoms with E-state index in [0.717, 1.165) is 46.1 Å². The highest BCUT2D eigenvalue weighted by atomic mass is 32.1. The molecule has 5 heteroatoms. The zero-order valence-electron chi connectivity index (χ0n) is 17.7. The van der Waals surface area contributed by atoms with Crippen molar-refractivity contribution in [1.29, 1.82) is 0 Å². The van der Waals surface area contributed by atoms with E-state index in [1.807, 2.05) is 41.3 Å². The lowest BCUT2D eigenvalue weighted by Gasteiger charge is -2.23. The fourth-order valence-corrected chi connectivity index (χ4v) is 4.55. The van der Waals surface area contributed by atoms with Crippen molar-refractivity contribution < 1.29 is 4.79 Å². The van der Waals surface area contributed by atoms with E-state index in [1.54, 1.807) is 17.4 Å². The van der Waals surface area contributed by atoms with Gasteiger partial charge in [0, 0.05) is 19.2 Å². The molecule has 152 valence electrons. The van der Waals surface area contributed by atoms with Crippen molar-refractivity contribution in [3.63, 3.8) is 0 Å². The smallest absolute Gasteiger partial charge is 0.252 e. The third-order valence-electron chi connectivity index (χ3n) is 5.07. The number of rotatable bonds is 8. The van der Waals surface area contributed by atoms with E-state index in [2.05, 4.69) is 44.7 Å². The van der Waals surface area contributed by atoms with Gasteiger partial charge in [0.2, 0.25) is 0 Å².